The molecule has 0 spiro atoms. The minimum absolute atomic E-state index is 0.356. The van der Waals surface area contributed by atoms with E-state index in [1.165, 1.54) is 19.3 Å². The zero-order valence-corrected chi connectivity index (χ0v) is 9.19. The molecule has 1 unspecified atom stereocenters. The monoisotopic (exact) mass is 199 g/mol. The highest BCUT2D eigenvalue weighted by Gasteiger charge is 2.24. The number of rotatable bonds is 5. The van der Waals surface area contributed by atoms with Crippen LogP contribution >= 0.6 is 0 Å². The Morgan fingerprint density at radius 1 is 1.57 bits per heavy atom. The van der Waals surface area contributed by atoms with Gasteiger partial charge in [-0.1, -0.05) is 6.92 Å². The van der Waals surface area contributed by atoms with Crippen LogP contribution in [0.15, 0.2) is 10.2 Å². The van der Waals surface area contributed by atoms with Gasteiger partial charge in [0.15, 0.2) is 0 Å². The standard InChI is InChI=1S/C10H21N3O/c1-3-9-5-4-6-13(9)8-10(14)7-12-11-2/h9-10,14H,3-8H2,1-2H3/t9?,10-/m0/s1. The first kappa shape index (κ1) is 11.6. The van der Waals surface area contributed by atoms with Gasteiger partial charge in [0.25, 0.3) is 0 Å². The van der Waals surface area contributed by atoms with Crippen molar-refractivity contribution in [1.29, 1.82) is 0 Å². The van der Waals surface area contributed by atoms with Crippen molar-refractivity contribution in [3.05, 3.63) is 0 Å². The molecule has 1 saturated heterocycles. The summed E-state index contributed by atoms with van der Waals surface area (Å²) in [4.78, 5) is 2.37. The van der Waals surface area contributed by atoms with Crippen LogP contribution in [0.1, 0.15) is 26.2 Å². The summed E-state index contributed by atoms with van der Waals surface area (Å²) in [6.07, 6.45) is 3.37. The van der Waals surface area contributed by atoms with Gasteiger partial charge in [0.05, 0.1) is 12.6 Å². The van der Waals surface area contributed by atoms with Crippen LogP contribution < -0.4 is 0 Å². The van der Waals surface area contributed by atoms with E-state index in [9.17, 15) is 5.11 Å². The van der Waals surface area contributed by atoms with E-state index in [-0.39, 0.29) is 6.10 Å². The van der Waals surface area contributed by atoms with Crippen molar-refractivity contribution in [2.24, 2.45) is 10.2 Å². The summed E-state index contributed by atoms with van der Waals surface area (Å²) in [6, 6.07) is 0.670. The number of hydrogen-bond donors (Lipinski definition) is 1. The molecule has 0 saturated carbocycles. The van der Waals surface area contributed by atoms with Crippen molar-refractivity contribution in [3.8, 4) is 0 Å². The molecule has 1 N–H and O–H groups in total. The minimum atomic E-state index is -0.356. The van der Waals surface area contributed by atoms with Crippen LogP contribution in [0.25, 0.3) is 0 Å². The second-order valence-corrected chi connectivity index (χ2v) is 3.88. The Labute approximate surface area is 86.0 Å². The van der Waals surface area contributed by atoms with Gasteiger partial charge < -0.3 is 5.11 Å². The van der Waals surface area contributed by atoms with Crippen LogP contribution in [0.4, 0.5) is 0 Å². The Bertz CT molecular complexity index is 184. The Morgan fingerprint density at radius 3 is 3.00 bits per heavy atom. The van der Waals surface area contributed by atoms with Crippen LogP contribution in [0, 0.1) is 0 Å². The number of likely N-dealkylation sites (tertiary alicyclic amines) is 1. The largest absolute Gasteiger partial charge is 0.390 e. The summed E-state index contributed by atoms with van der Waals surface area (Å²) in [5, 5.41) is 17.1. The number of hydrogen-bond acceptors (Lipinski definition) is 4. The van der Waals surface area contributed by atoms with E-state index in [2.05, 4.69) is 22.1 Å². The van der Waals surface area contributed by atoms with Crippen molar-refractivity contribution in [2.75, 3.05) is 26.7 Å². The lowest BCUT2D eigenvalue weighted by Crippen LogP contribution is -2.37. The first-order chi connectivity index (χ1) is 6.77. The molecule has 1 aliphatic rings. The molecule has 0 aromatic rings. The SMILES string of the molecule is CCC1CCCN1C[C@@H](O)CN=NC. The van der Waals surface area contributed by atoms with E-state index in [0.717, 1.165) is 13.1 Å². The third-order valence-electron chi connectivity index (χ3n) is 2.85. The summed E-state index contributed by atoms with van der Waals surface area (Å²) in [7, 11) is 1.64. The quantitative estimate of drug-likeness (QED) is 0.678. The Kier molecular flexibility index (Phi) is 5.04. The van der Waals surface area contributed by atoms with E-state index in [4.69, 9.17) is 0 Å². The van der Waals surface area contributed by atoms with Crippen molar-refractivity contribution in [1.82, 2.24) is 4.90 Å². The first-order valence-corrected chi connectivity index (χ1v) is 5.45. The molecule has 0 amide bonds. The fourth-order valence-corrected chi connectivity index (χ4v) is 2.10. The third kappa shape index (κ3) is 3.35. The van der Waals surface area contributed by atoms with Gasteiger partial charge in [-0.3, -0.25) is 4.90 Å². The van der Waals surface area contributed by atoms with Gasteiger partial charge in [-0.15, -0.1) is 0 Å². The molecule has 82 valence electrons. The zero-order valence-electron chi connectivity index (χ0n) is 9.19. The number of aliphatic hydroxyl groups excluding tert-OH is 1. The molecule has 1 aliphatic heterocycles. The Hall–Kier alpha value is -0.480. The van der Waals surface area contributed by atoms with Crippen molar-refractivity contribution in [3.63, 3.8) is 0 Å². The number of aliphatic hydroxyl groups is 1. The fourth-order valence-electron chi connectivity index (χ4n) is 2.10. The van der Waals surface area contributed by atoms with Crippen molar-refractivity contribution >= 4 is 0 Å². The molecule has 0 radical (unpaired) electrons. The Morgan fingerprint density at radius 2 is 2.36 bits per heavy atom. The zero-order chi connectivity index (χ0) is 10.4. The summed E-state index contributed by atoms with van der Waals surface area (Å²) in [5.74, 6) is 0. The molecule has 14 heavy (non-hydrogen) atoms. The van der Waals surface area contributed by atoms with Gasteiger partial charge in [-0.2, -0.15) is 10.2 Å². The lowest BCUT2D eigenvalue weighted by Gasteiger charge is -2.25. The van der Waals surface area contributed by atoms with Gasteiger partial charge in [0.1, 0.15) is 0 Å². The second-order valence-electron chi connectivity index (χ2n) is 3.88. The van der Waals surface area contributed by atoms with E-state index < -0.39 is 0 Å². The smallest absolute Gasteiger partial charge is 0.0880 e. The predicted octanol–water partition coefficient (Wildman–Crippen LogP) is 1.30. The molecule has 0 aliphatic carbocycles. The Balaban J connectivity index is 2.28. The maximum atomic E-state index is 9.66. The highest BCUT2D eigenvalue weighted by molar-refractivity contribution is 4.80. The molecule has 0 bridgehead atoms. The van der Waals surface area contributed by atoms with E-state index in [0.29, 0.717) is 12.6 Å². The summed E-state index contributed by atoms with van der Waals surface area (Å²) >= 11 is 0. The normalized spacial score (nSPS) is 26.1. The van der Waals surface area contributed by atoms with E-state index in [1.807, 2.05) is 0 Å². The lowest BCUT2D eigenvalue weighted by molar-refractivity contribution is 0.110. The molecule has 1 fully saturated rings. The van der Waals surface area contributed by atoms with Gasteiger partial charge in [0.2, 0.25) is 0 Å². The molecule has 1 heterocycles. The highest BCUT2D eigenvalue weighted by atomic mass is 16.3. The maximum Gasteiger partial charge on any atom is 0.0880 e. The summed E-state index contributed by atoms with van der Waals surface area (Å²) in [6.45, 7) is 4.51. The van der Waals surface area contributed by atoms with Crippen LogP contribution in [-0.2, 0) is 0 Å². The van der Waals surface area contributed by atoms with Crippen LogP contribution in [-0.4, -0.2) is 48.8 Å². The van der Waals surface area contributed by atoms with Crippen LogP contribution in [0.5, 0.6) is 0 Å². The van der Waals surface area contributed by atoms with Crippen molar-refractivity contribution in [2.45, 2.75) is 38.3 Å². The van der Waals surface area contributed by atoms with Crippen LogP contribution in [0.3, 0.4) is 0 Å². The van der Waals surface area contributed by atoms with Crippen LogP contribution in [0.2, 0.25) is 0 Å². The fraction of sp³-hybridized carbons (Fsp3) is 1.00. The molecule has 0 aromatic heterocycles. The average Bonchev–Trinajstić information content (AvgIpc) is 2.62. The first-order valence-electron chi connectivity index (χ1n) is 5.45. The van der Waals surface area contributed by atoms with E-state index >= 15 is 0 Å². The second kappa shape index (κ2) is 6.09. The predicted molar refractivity (Wildman–Crippen MR) is 56.5 cm³/mol. The summed E-state index contributed by atoms with van der Waals surface area (Å²) < 4.78 is 0. The maximum absolute atomic E-state index is 9.66. The lowest BCUT2D eigenvalue weighted by atomic mass is 10.1. The number of β-amino-alcohol motifs (C(OH)–C–C–N with tert-alkyl or cyclic N) is 1. The molecule has 1 rings (SSSR count). The number of azo groups is 1. The highest BCUT2D eigenvalue weighted by Crippen LogP contribution is 2.19. The van der Waals surface area contributed by atoms with Gasteiger partial charge in [0, 0.05) is 19.6 Å². The van der Waals surface area contributed by atoms with Gasteiger partial charge in [-0.05, 0) is 25.8 Å². The molecule has 2 atom stereocenters. The average molecular weight is 199 g/mol. The number of nitrogens with zero attached hydrogens (tertiary/aromatic N) is 3. The summed E-state index contributed by atoms with van der Waals surface area (Å²) in [5.41, 5.74) is 0. The molecule has 4 nitrogen and oxygen atoms in total. The minimum Gasteiger partial charge on any atom is -0.390 e. The van der Waals surface area contributed by atoms with Gasteiger partial charge in [-0.25, -0.2) is 0 Å². The molecular weight excluding hydrogens is 178 g/mol. The molecular formula is C10H21N3O. The van der Waals surface area contributed by atoms with Crippen molar-refractivity contribution < 1.29 is 5.11 Å². The third-order valence-corrected chi connectivity index (χ3v) is 2.85. The van der Waals surface area contributed by atoms with E-state index in [1.54, 1.807) is 7.05 Å². The molecule has 4 heteroatoms. The topological polar surface area (TPSA) is 48.2 Å². The van der Waals surface area contributed by atoms with Gasteiger partial charge >= 0.3 is 0 Å². The molecule has 0 aromatic carbocycles.